The second kappa shape index (κ2) is 8.51. The van der Waals surface area contributed by atoms with E-state index in [9.17, 15) is 13.2 Å². The van der Waals surface area contributed by atoms with E-state index < -0.39 is 40.5 Å². The maximum absolute atomic E-state index is 13.0. The molecule has 3 aromatic carbocycles. The predicted molar refractivity (Wildman–Crippen MR) is 118 cm³/mol. The highest BCUT2D eigenvalue weighted by Crippen LogP contribution is 2.30. The molecule has 0 bridgehead atoms. The van der Waals surface area contributed by atoms with Crippen LogP contribution in [0.4, 0.5) is 10.5 Å². The monoisotopic (exact) mass is 454 g/mol. The van der Waals surface area contributed by atoms with Gasteiger partial charge in [-0.3, -0.25) is 5.32 Å². The first-order chi connectivity index (χ1) is 15.5. The van der Waals surface area contributed by atoms with Crippen LogP contribution in [-0.2, 0) is 24.2 Å². The van der Waals surface area contributed by atoms with Crippen molar-refractivity contribution in [2.24, 2.45) is 0 Å². The summed E-state index contributed by atoms with van der Waals surface area (Å²) in [5, 5.41) is 4.45. The van der Waals surface area contributed by atoms with Crippen LogP contribution in [0.25, 0.3) is 10.8 Å². The molecule has 2 fully saturated rings. The normalized spacial score (nSPS) is 24.9. The van der Waals surface area contributed by atoms with Crippen LogP contribution in [0.5, 0.6) is 0 Å². The number of amides is 1. The van der Waals surface area contributed by atoms with Crippen molar-refractivity contribution >= 4 is 32.6 Å². The third kappa shape index (κ3) is 4.20. The van der Waals surface area contributed by atoms with E-state index >= 15 is 0 Å². The minimum Gasteiger partial charge on any atom is -0.441 e. The minimum atomic E-state index is -3.79. The first kappa shape index (κ1) is 20.9. The number of hydrogen-bond donors (Lipinski definition) is 2. The van der Waals surface area contributed by atoms with Crippen molar-refractivity contribution in [2.75, 3.05) is 18.5 Å². The number of fused-ring (bicyclic) bond motifs is 2. The summed E-state index contributed by atoms with van der Waals surface area (Å²) in [5.41, 5.74) is 0.612. The van der Waals surface area contributed by atoms with Crippen LogP contribution in [0.1, 0.15) is 0 Å². The van der Waals surface area contributed by atoms with Gasteiger partial charge in [0.05, 0.1) is 24.2 Å². The van der Waals surface area contributed by atoms with Crippen LogP contribution < -0.4 is 10.0 Å². The first-order valence-corrected chi connectivity index (χ1v) is 11.7. The number of anilines is 1. The summed E-state index contributed by atoms with van der Waals surface area (Å²) in [6.45, 7) is 0.258. The average Bonchev–Trinajstić information content (AvgIpc) is 3.37. The van der Waals surface area contributed by atoms with E-state index in [1.165, 1.54) is 0 Å². The largest absolute Gasteiger partial charge is 0.441 e. The van der Waals surface area contributed by atoms with E-state index in [0.29, 0.717) is 5.69 Å². The van der Waals surface area contributed by atoms with Crippen LogP contribution in [0, 0.1) is 0 Å². The molecule has 2 aliphatic heterocycles. The second-order valence-electron chi connectivity index (χ2n) is 7.77. The summed E-state index contributed by atoms with van der Waals surface area (Å²) < 4.78 is 45.6. The molecule has 1 amide bonds. The number of nitrogens with one attached hydrogen (secondary N) is 2. The van der Waals surface area contributed by atoms with Crippen molar-refractivity contribution in [2.45, 2.75) is 29.2 Å². The van der Waals surface area contributed by atoms with Gasteiger partial charge in [0.25, 0.3) is 0 Å². The Hall–Kier alpha value is -2.98. The molecule has 0 aliphatic carbocycles. The van der Waals surface area contributed by atoms with Crippen molar-refractivity contribution in [1.29, 1.82) is 0 Å². The zero-order valence-electron chi connectivity index (χ0n) is 17.0. The lowest BCUT2D eigenvalue weighted by Crippen LogP contribution is -2.44. The highest BCUT2D eigenvalue weighted by Gasteiger charge is 2.50. The van der Waals surface area contributed by atoms with Gasteiger partial charge < -0.3 is 14.2 Å². The lowest BCUT2D eigenvalue weighted by Gasteiger charge is -2.18. The van der Waals surface area contributed by atoms with E-state index in [2.05, 4.69) is 10.0 Å². The molecule has 4 unspecified atom stereocenters. The van der Waals surface area contributed by atoms with Crippen molar-refractivity contribution < 1.29 is 27.4 Å². The topological polar surface area (TPSA) is 103 Å². The standard InChI is InChI=1S/C23H22N2O6S/c26-23(24-17-8-2-1-3-9-17)31-20-14-30-21-19(13-29-22(20)21)25-32(27,28)18-11-10-15-6-4-5-7-16(15)12-18/h1-12,19-22,25H,13-14H2,(H,24,26). The minimum absolute atomic E-state index is 0.127. The number of rotatable bonds is 5. The molecule has 4 atom stereocenters. The average molecular weight is 455 g/mol. The molecule has 0 radical (unpaired) electrons. The first-order valence-electron chi connectivity index (χ1n) is 10.3. The van der Waals surface area contributed by atoms with Gasteiger partial charge in [-0.2, -0.15) is 0 Å². The summed E-state index contributed by atoms with van der Waals surface area (Å²) in [7, 11) is -3.79. The summed E-state index contributed by atoms with van der Waals surface area (Å²) in [6, 6.07) is 20.9. The SMILES string of the molecule is O=C(Nc1ccccc1)OC1COC2C(NS(=O)(=O)c3ccc4ccccc4c3)COC12. The molecular formula is C23H22N2O6S. The molecule has 9 heteroatoms. The van der Waals surface area contributed by atoms with Gasteiger partial charge in [0.1, 0.15) is 12.2 Å². The van der Waals surface area contributed by atoms with Crippen molar-refractivity contribution in [3.63, 3.8) is 0 Å². The van der Waals surface area contributed by atoms with E-state index in [-0.39, 0.29) is 18.1 Å². The molecule has 8 nitrogen and oxygen atoms in total. The number of carbonyl (C=O) groups excluding carboxylic acids is 1. The Balaban J connectivity index is 1.23. The number of ether oxygens (including phenoxy) is 3. The smallest absolute Gasteiger partial charge is 0.412 e. The molecule has 2 N–H and O–H groups in total. The Labute approximate surface area is 185 Å². The van der Waals surface area contributed by atoms with Crippen LogP contribution in [0.15, 0.2) is 77.7 Å². The van der Waals surface area contributed by atoms with Gasteiger partial charge in [-0.15, -0.1) is 0 Å². The molecule has 2 saturated heterocycles. The molecule has 166 valence electrons. The fourth-order valence-corrected chi connectivity index (χ4v) is 5.34. The third-order valence-electron chi connectivity index (χ3n) is 5.62. The summed E-state index contributed by atoms with van der Waals surface area (Å²) in [6.07, 6.45) is -2.33. The van der Waals surface area contributed by atoms with E-state index in [0.717, 1.165) is 10.8 Å². The molecular weight excluding hydrogens is 432 g/mol. The Morgan fingerprint density at radius 1 is 0.875 bits per heavy atom. The number of benzene rings is 3. The molecule has 0 saturated carbocycles. The molecule has 2 aliphatic rings. The fraction of sp³-hybridized carbons (Fsp3) is 0.261. The molecule has 0 spiro atoms. The lowest BCUT2D eigenvalue weighted by molar-refractivity contribution is 0.00883. The molecule has 3 aromatic rings. The number of sulfonamides is 1. The lowest BCUT2D eigenvalue weighted by atomic mass is 10.1. The molecule has 5 rings (SSSR count). The van der Waals surface area contributed by atoms with Crippen LogP contribution in [-0.4, -0.2) is 52.1 Å². The maximum Gasteiger partial charge on any atom is 0.412 e. The Kier molecular flexibility index (Phi) is 5.56. The highest BCUT2D eigenvalue weighted by atomic mass is 32.2. The van der Waals surface area contributed by atoms with E-state index in [1.54, 1.807) is 42.5 Å². The summed E-state index contributed by atoms with van der Waals surface area (Å²) in [5.74, 6) is 0. The number of carbonyl (C=O) groups is 1. The van der Waals surface area contributed by atoms with Gasteiger partial charge in [-0.1, -0.05) is 48.5 Å². The summed E-state index contributed by atoms with van der Waals surface area (Å²) in [4.78, 5) is 12.4. The Morgan fingerprint density at radius 2 is 1.59 bits per heavy atom. The highest BCUT2D eigenvalue weighted by molar-refractivity contribution is 7.89. The fourth-order valence-electron chi connectivity index (χ4n) is 4.07. The second-order valence-corrected chi connectivity index (χ2v) is 9.48. The van der Waals surface area contributed by atoms with Gasteiger partial charge in [0, 0.05) is 5.69 Å². The maximum atomic E-state index is 13.0. The zero-order valence-corrected chi connectivity index (χ0v) is 17.8. The van der Waals surface area contributed by atoms with Gasteiger partial charge in [-0.25, -0.2) is 17.9 Å². The third-order valence-corrected chi connectivity index (χ3v) is 7.11. The van der Waals surface area contributed by atoms with Crippen molar-refractivity contribution in [3.8, 4) is 0 Å². The molecule has 32 heavy (non-hydrogen) atoms. The van der Waals surface area contributed by atoms with Crippen LogP contribution >= 0.6 is 0 Å². The quantitative estimate of drug-likeness (QED) is 0.615. The number of para-hydroxylation sites is 1. The van der Waals surface area contributed by atoms with Gasteiger partial charge >= 0.3 is 6.09 Å². The van der Waals surface area contributed by atoms with Gasteiger partial charge in [0.15, 0.2) is 6.10 Å². The zero-order chi connectivity index (χ0) is 22.1. The van der Waals surface area contributed by atoms with E-state index in [4.69, 9.17) is 14.2 Å². The van der Waals surface area contributed by atoms with E-state index in [1.807, 2.05) is 30.3 Å². The summed E-state index contributed by atoms with van der Waals surface area (Å²) >= 11 is 0. The molecule has 2 heterocycles. The van der Waals surface area contributed by atoms with Gasteiger partial charge in [-0.05, 0) is 35.0 Å². The Morgan fingerprint density at radius 3 is 2.41 bits per heavy atom. The number of hydrogen-bond acceptors (Lipinski definition) is 6. The van der Waals surface area contributed by atoms with Crippen LogP contribution in [0.3, 0.4) is 0 Å². The molecule has 0 aromatic heterocycles. The van der Waals surface area contributed by atoms with Crippen molar-refractivity contribution in [3.05, 3.63) is 72.8 Å². The Bertz CT molecular complexity index is 1230. The van der Waals surface area contributed by atoms with Crippen LogP contribution in [0.2, 0.25) is 0 Å². The predicted octanol–water partition coefficient (Wildman–Crippen LogP) is 2.90. The van der Waals surface area contributed by atoms with Gasteiger partial charge in [0.2, 0.25) is 10.0 Å². The van der Waals surface area contributed by atoms with Crippen molar-refractivity contribution in [1.82, 2.24) is 4.72 Å².